The van der Waals surface area contributed by atoms with Crippen molar-refractivity contribution in [1.82, 2.24) is 9.97 Å². The molecule has 2 aromatic carbocycles. The Morgan fingerprint density at radius 2 is 1.85 bits per heavy atom. The first-order chi connectivity index (χ1) is 9.72. The van der Waals surface area contributed by atoms with Crippen molar-refractivity contribution in [2.24, 2.45) is 0 Å². The molecular formula is C15H12ClN3O. The van der Waals surface area contributed by atoms with Crippen LogP contribution in [0, 0.1) is 0 Å². The maximum atomic E-state index is 6.01. The molecule has 1 heterocycles. The van der Waals surface area contributed by atoms with Crippen molar-refractivity contribution in [1.29, 1.82) is 0 Å². The van der Waals surface area contributed by atoms with Crippen LogP contribution in [0.25, 0.3) is 10.9 Å². The summed E-state index contributed by atoms with van der Waals surface area (Å²) in [6.07, 6.45) is 0. The Bertz CT molecular complexity index is 747. The summed E-state index contributed by atoms with van der Waals surface area (Å²) in [4.78, 5) is 8.30. The second-order valence-corrected chi connectivity index (χ2v) is 4.76. The minimum absolute atomic E-state index is 0.183. The van der Waals surface area contributed by atoms with Crippen LogP contribution in [-0.4, -0.2) is 9.97 Å². The van der Waals surface area contributed by atoms with Crippen molar-refractivity contribution in [3.8, 4) is 5.88 Å². The summed E-state index contributed by atoms with van der Waals surface area (Å²) < 4.78 is 5.75. The van der Waals surface area contributed by atoms with Crippen LogP contribution < -0.4 is 10.5 Å². The average molecular weight is 286 g/mol. The van der Waals surface area contributed by atoms with Crippen molar-refractivity contribution < 1.29 is 4.74 Å². The zero-order valence-corrected chi connectivity index (χ0v) is 11.3. The number of benzene rings is 2. The molecule has 3 rings (SSSR count). The van der Waals surface area contributed by atoms with Crippen molar-refractivity contribution >= 4 is 28.5 Å². The molecule has 1 aromatic heterocycles. The van der Waals surface area contributed by atoms with Crippen LogP contribution >= 0.6 is 11.6 Å². The molecule has 0 spiro atoms. The van der Waals surface area contributed by atoms with Gasteiger partial charge in [0.25, 0.3) is 0 Å². The molecule has 0 amide bonds. The van der Waals surface area contributed by atoms with E-state index in [9.17, 15) is 0 Å². The van der Waals surface area contributed by atoms with Gasteiger partial charge in [-0.2, -0.15) is 4.98 Å². The predicted molar refractivity (Wildman–Crippen MR) is 79.7 cm³/mol. The SMILES string of the molecule is Nc1nc(OCc2ccccc2)c2cc(Cl)ccc2n1. The van der Waals surface area contributed by atoms with Crippen LogP contribution in [0.1, 0.15) is 5.56 Å². The third-order valence-corrected chi connectivity index (χ3v) is 3.09. The van der Waals surface area contributed by atoms with E-state index in [0.29, 0.717) is 23.0 Å². The molecule has 20 heavy (non-hydrogen) atoms. The monoisotopic (exact) mass is 285 g/mol. The van der Waals surface area contributed by atoms with Crippen molar-refractivity contribution in [2.45, 2.75) is 6.61 Å². The minimum Gasteiger partial charge on any atom is -0.472 e. The van der Waals surface area contributed by atoms with E-state index < -0.39 is 0 Å². The van der Waals surface area contributed by atoms with Crippen molar-refractivity contribution in [3.63, 3.8) is 0 Å². The smallest absolute Gasteiger partial charge is 0.226 e. The lowest BCUT2D eigenvalue weighted by molar-refractivity contribution is 0.298. The average Bonchev–Trinajstić information content (AvgIpc) is 2.46. The molecule has 0 bridgehead atoms. The standard InChI is InChI=1S/C15H12ClN3O/c16-11-6-7-13-12(8-11)14(19-15(17)18-13)20-9-10-4-2-1-3-5-10/h1-8H,9H2,(H2,17,18,19). The molecule has 0 unspecified atom stereocenters. The fourth-order valence-electron chi connectivity index (χ4n) is 1.93. The lowest BCUT2D eigenvalue weighted by atomic mass is 10.2. The first-order valence-corrected chi connectivity index (χ1v) is 6.50. The van der Waals surface area contributed by atoms with Gasteiger partial charge in [0.1, 0.15) is 6.61 Å². The summed E-state index contributed by atoms with van der Waals surface area (Å²) >= 11 is 6.01. The number of nitrogens with zero attached hydrogens (tertiary/aromatic N) is 2. The molecule has 4 nitrogen and oxygen atoms in total. The Balaban J connectivity index is 1.96. The van der Waals surface area contributed by atoms with Crippen LogP contribution in [0.3, 0.4) is 0 Å². The number of rotatable bonds is 3. The van der Waals surface area contributed by atoms with Gasteiger partial charge in [0.05, 0.1) is 10.9 Å². The zero-order chi connectivity index (χ0) is 13.9. The maximum Gasteiger partial charge on any atom is 0.226 e. The number of hydrogen-bond donors (Lipinski definition) is 1. The van der Waals surface area contributed by atoms with Gasteiger partial charge >= 0.3 is 0 Å². The highest BCUT2D eigenvalue weighted by Crippen LogP contribution is 2.26. The molecule has 0 saturated carbocycles. The van der Waals surface area contributed by atoms with Crippen LogP contribution in [0.5, 0.6) is 5.88 Å². The van der Waals surface area contributed by atoms with Gasteiger partial charge in [0.15, 0.2) is 0 Å². The molecule has 5 heteroatoms. The highest BCUT2D eigenvalue weighted by atomic mass is 35.5. The maximum absolute atomic E-state index is 6.01. The molecule has 0 saturated heterocycles. The lowest BCUT2D eigenvalue weighted by Crippen LogP contribution is -2.02. The van der Waals surface area contributed by atoms with E-state index in [1.54, 1.807) is 18.2 Å². The number of hydrogen-bond acceptors (Lipinski definition) is 4. The second-order valence-electron chi connectivity index (χ2n) is 4.32. The number of anilines is 1. The molecular weight excluding hydrogens is 274 g/mol. The van der Waals surface area contributed by atoms with E-state index in [-0.39, 0.29) is 5.95 Å². The van der Waals surface area contributed by atoms with Gasteiger partial charge in [0, 0.05) is 5.02 Å². The van der Waals surface area contributed by atoms with Gasteiger partial charge in [-0.1, -0.05) is 41.9 Å². The number of fused-ring (bicyclic) bond motifs is 1. The Morgan fingerprint density at radius 3 is 2.65 bits per heavy atom. The van der Waals surface area contributed by atoms with Gasteiger partial charge in [0.2, 0.25) is 11.8 Å². The van der Waals surface area contributed by atoms with Crippen LogP contribution in [0.15, 0.2) is 48.5 Å². The lowest BCUT2D eigenvalue weighted by Gasteiger charge is -2.09. The molecule has 0 radical (unpaired) electrons. The summed E-state index contributed by atoms with van der Waals surface area (Å²) in [5.74, 6) is 0.627. The molecule has 0 aliphatic carbocycles. The summed E-state index contributed by atoms with van der Waals surface area (Å²) in [5, 5.41) is 1.36. The van der Waals surface area contributed by atoms with Gasteiger partial charge in [-0.3, -0.25) is 0 Å². The number of aromatic nitrogens is 2. The Kier molecular flexibility index (Phi) is 3.39. The normalized spacial score (nSPS) is 10.7. The summed E-state index contributed by atoms with van der Waals surface area (Å²) in [7, 11) is 0. The van der Waals surface area contributed by atoms with E-state index in [1.807, 2.05) is 30.3 Å². The molecule has 0 fully saturated rings. The van der Waals surface area contributed by atoms with E-state index in [4.69, 9.17) is 22.1 Å². The van der Waals surface area contributed by atoms with Crippen LogP contribution in [-0.2, 0) is 6.61 Å². The Morgan fingerprint density at radius 1 is 1.05 bits per heavy atom. The van der Waals surface area contributed by atoms with E-state index in [2.05, 4.69) is 9.97 Å². The molecule has 100 valence electrons. The zero-order valence-electron chi connectivity index (χ0n) is 10.6. The Hall–Kier alpha value is -2.33. The molecule has 0 aliphatic heterocycles. The first-order valence-electron chi connectivity index (χ1n) is 6.12. The quantitative estimate of drug-likeness (QED) is 0.801. The van der Waals surface area contributed by atoms with Crippen molar-refractivity contribution in [3.05, 3.63) is 59.1 Å². The molecule has 0 aliphatic rings. The number of halogens is 1. The number of ether oxygens (including phenoxy) is 1. The molecule has 2 N–H and O–H groups in total. The van der Waals surface area contributed by atoms with Gasteiger partial charge in [-0.25, -0.2) is 4.98 Å². The highest BCUT2D eigenvalue weighted by Gasteiger charge is 2.08. The highest BCUT2D eigenvalue weighted by molar-refractivity contribution is 6.31. The first kappa shape index (κ1) is 12.7. The van der Waals surface area contributed by atoms with Crippen LogP contribution in [0.2, 0.25) is 5.02 Å². The number of nitrogens with two attached hydrogens (primary N) is 1. The van der Waals surface area contributed by atoms with E-state index in [0.717, 1.165) is 10.9 Å². The van der Waals surface area contributed by atoms with Gasteiger partial charge < -0.3 is 10.5 Å². The van der Waals surface area contributed by atoms with Gasteiger partial charge in [-0.15, -0.1) is 0 Å². The van der Waals surface area contributed by atoms with E-state index in [1.165, 1.54) is 0 Å². The van der Waals surface area contributed by atoms with Crippen LogP contribution in [0.4, 0.5) is 5.95 Å². The number of nitrogen functional groups attached to an aromatic ring is 1. The summed E-state index contributed by atoms with van der Waals surface area (Å²) in [6, 6.07) is 15.2. The summed E-state index contributed by atoms with van der Waals surface area (Å²) in [5.41, 5.74) is 7.46. The van der Waals surface area contributed by atoms with Crippen molar-refractivity contribution in [2.75, 3.05) is 5.73 Å². The third-order valence-electron chi connectivity index (χ3n) is 2.86. The Labute approximate surface area is 121 Å². The topological polar surface area (TPSA) is 61.0 Å². The second kappa shape index (κ2) is 5.35. The van der Waals surface area contributed by atoms with Gasteiger partial charge in [-0.05, 0) is 23.8 Å². The molecule has 0 atom stereocenters. The summed E-state index contributed by atoms with van der Waals surface area (Å²) in [6.45, 7) is 0.416. The fourth-order valence-corrected chi connectivity index (χ4v) is 2.10. The predicted octanol–water partition coefficient (Wildman–Crippen LogP) is 3.44. The fraction of sp³-hybridized carbons (Fsp3) is 0.0667. The third kappa shape index (κ3) is 2.65. The minimum atomic E-state index is 0.183. The molecule has 3 aromatic rings. The van der Waals surface area contributed by atoms with E-state index >= 15 is 0 Å². The largest absolute Gasteiger partial charge is 0.472 e.